The second kappa shape index (κ2) is 8.89. The number of aromatic nitrogens is 2. The maximum absolute atomic E-state index is 11.4. The predicted octanol–water partition coefficient (Wildman–Crippen LogP) is 5.49. The first-order valence-corrected chi connectivity index (χ1v) is 11.2. The summed E-state index contributed by atoms with van der Waals surface area (Å²) in [6.45, 7) is 11.9. The average molecular weight is 436 g/mol. The number of benzene rings is 2. The van der Waals surface area contributed by atoms with E-state index in [-0.39, 0.29) is 5.91 Å². The van der Waals surface area contributed by atoms with Gasteiger partial charge in [-0.25, -0.2) is 4.85 Å². The fraction of sp³-hybridized carbons (Fsp3) is 0.222. The first-order chi connectivity index (χ1) is 16.1. The number of anilines is 1. The number of rotatable bonds is 5. The van der Waals surface area contributed by atoms with Crippen LogP contribution >= 0.6 is 0 Å². The molecule has 1 aliphatic heterocycles. The molecule has 0 radical (unpaired) electrons. The van der Waals surface area contributed by atoms with Crippen LogP contribution < -0.4 is 10.6 Å². The Morgan fingerprint density at radius 3 is 2.58 bits per heavy atom. The van der Waals surface area contributed by atoms with Crippen molar-refractivity contribution in [3.8, 4) is 22.4 Å². The van der Waals surface area contributed by atoms with E-state index in [0.29, 0.717) is 11.6 Å². The lowest BCUT2D eigenvalue weighted by Gasteiger charge is -2.15. The topological polar surface area (TPSA) is 63.3 Å². The zero-order valence-corrected chi connectivity index (χ0v) is 18.5. The summed E-state index contributed by atoms with van der Waals surface area (Å²) in [6.07, 6.45) is 5.31. The van der Waals surface area contributed by atoms with Crippen LogP contribution in [0.3, 0.4) is 0 Å². The number of carbonyl (C=O) groups excluding carboxylic acids is 1. The maximum Gasteiger partial charge on any atom is 0.221 e. The van der Waals surface area contributed by atoms with Crippen molar-refractivity contribution in [3.63, 3.8) is 0 Å². The molecule has 1 atom stereocenters. The highest BCUT2D eigenvalue weighted by Crippen LogP contribution is 2.38. The van der Waals surface area contributed by atoms with Gasteiger partial charge in [-0.05, 0) is 49.2 Å². The van der Waals surface area contributed by atoms with Gasteiger partial charge in [0, 0.05) is 41.9 Å². The minimum Gasteiger partial charge on any atom is -0.346 e. The molecule has 6 heteroatoms. The van der Waals surface area contributed by atoms with E-state index in [4.69, 9.17) is 11.6 Å². The van der Waals surface area contributed by atoms with Crippen LogP contribution in [0.15, 0.2) is 67.0 Å². The molecular weight excluding hydrogens is 410 g/mol. The molecule has 2 aromatic carbocycles. The smallest absolute Gasteiger partial charge is 0.221 e. The van der Waals surface area contributed by atoms with Gasteiger partial charge in [-0.3, -0.25) is 9.78 Å². The van der Waals surface area contributed by atoms with Crippen molar-refractivity contribution < 1.29 is 4.79 Å². The molecule has 0 spiro atoms. The Kier molecular flexibility index (Phi) is 5.64. The number of carbonyl (C=O) groups is 1. The zero-order valence-electron chi connectivity index (χ0n) is 18.5. The van der Waals surface area contributed by atoms with Crippen molar-refractivity contribution in [3.05, 3.63) is 78.4 Å². The highest BCUT2D eigenvalue weighted by atomic mass is 16.1. The predicted molar refractivity (Wildman–Crippen MR) is 132 cm³/mol. The number of nitrogens with one attached hydrogen (secondary N) is 2. The molecular formula is C27H25N5O. The second-order valence-electron chi connectivity index (χ2n) is 8.52. The fourth-order valence-corrected chi connectivity index (χ4v) is 4.59. The number of nitrogens with zero attached hydrogens (tertiary/aromatic N) is 3. The molecule has 164 valence electrons. The average Bonchev–Trinajstić information content (AvgIpc) is 3.49. The third kappa shape index (κ3) is 4.23. The molecule has 3 heterocycles. The lowest BCUT2D eigenvalue weighted by atomic mass is 9.96. The van der Waals surface area contributed by atoms with Crippen LogP contribution in [0.4, 0.5) is 11.4 Å². The van der Waals surface area contributed by atoms with Crippen molar-refractivity contribution in [2.45, 2.75) is 19.9 Å². The van der Waals surface area contributed by atoms with Gasteiger partial charge in [0.15, 0.2) is 5.69 Å². The molecule has 4 aromatic rings. The van der Waals surface area contributed by atoms with Crippen molar-refractivity contribution in [1.29, 1.82) is 0 Å². The summed E-state index contributed by atoms with van der Waals surface area (Å²) in [5.74, 6) is 0.532. The Hall–Kier alpha value is -3.95. The Labute approximate surface area is 193 Å². The van der Waals surface area contributed by atoms with Gasteiger partial charge < -0.3 is 15.2 Å². The molecule has 0 saturated carbocycles. The van der Waals surface area contributed by atoms with Crippen molar-refractivity contribution in [2.24, 2.45) is 5.92 Å². The van der Waals surface area contributed by atoms with Crippen LogP contribution in [-0.4, -0.2) is 28.5 Å². The van der Waals surface area contributed by atoms with Gasteiger partial charge in [0.2, 0.25) is 5.91 Å². The zero-order chi connectivity index (χ0) is 22.8. The Morgan fingerprint density at radius 1 is 1.15 bits per heavy atom. The van der Waals surface area contributed by atoms with Crippen molar-refractivity contribution >= 4 is 28.2 Å². The SMILES string of the molecule is [C-]#[N+]c1ccc(-c2c(-c3ccc(NC(C)=O)cc3)ncc3c2ccn3C[C@@H]2CCNC2)cc1. The minimum absolute atomic E-state index is 0.0957. The van der Waals surface area contributed by atoms with E-state index >= 15 is 0 Å². The van der Waals surface area contributed by atoms with Gasteiger partial charge in [0.25, 0.3) is 0 Å². The Bertz CT molecular complexity index is 1340. The van der Waals surface area contributed by atoms with Crippen LogP contribution in [-0.2, 0) is 11.3 Å². The molecule has 33 heavy (non-hydrogen) atoms. The van der Waals surface area contributed by atoms with Crippen LogP contribution in [0, 0.1) is 12.5 Å². The monoisotopic (exact) mass is 435 g/mol. The Morgan fingerprint density at radius 2 is 1.91 bits per heavy atom. The minimum atomic E-state index is -0.0957. The first kappa shape index (κ1) is 20.9. The summed E-state index contributed by atoms with van der Waals surface area (Å²) >= 11 is 0. The van der Waals surface area contributed by atoms with Gasteiger partial charge >= 0.3 is 0 Å². The lowest BCUT2D eigenvalue weighted by molar-refractivity contribution is -0.114. The summed E-state index contributed by atoms with van der Waals surface area (Å²) in [6, 6.07) is 17.6. The molecule has 6 nitrogen and oxygen atoms in total. The second-order valence-corrected chi connectivity index (χ2v) is 8.52. The van der Waals surface area contributed by atoms with E-state index in [1.165, 1.54) is 13.3 Å². The summed E-state index contributed by atoms with van der Waals surface area (Å²) in [5.41, 5.74) is 6.43. The molecule has 0 bridgehead atoms. The summed E-state index contributed by atoms with van der Waals surface area (Å²) < 4.78 is 2.31. The van der Waals surface area contributed by atoms with Gasteiger partial charge in [0.1, 0.15) is 0 Å². The number of amides is 1. The molecule has 1 saturated heterocycles. The van der Waals surface area contributed by atoms with Crippen molar-refractivity contribution in [2.75, 3.05) is 18.4 Å². The highest BCUT2D eigenvalue weighted by molar-refractivity contribution is 6.02. The van der Waals surface area contributed by atoms with E-state index in [2.05, 4.69) is 32.3 Å². The third-order valence-electron chi connectivity index (χ3n) is 6.21. The van der Waals surface area contributed by atoms with Gasteiger partial charge in [-0.1, -0.05) is 36.4 Å². The number of fused-ring (bicyclic) bond motifs is 1. The molecule has 1 amide bonds. The lowest BCUT2D eigenvalue weighted by Crippen LogP contribution is -2.14. The molecule has 1 aliphatic rings. The molecule has 2 aromatic heterocycles. The van der Waals surface area contributed by atoms with Gasteiger partial charge in [0.05, 0.1) is 24.0 Å². The van der Waals surface area contributed by atoms with Crippen LogP contribution in [0.2, 0.25) is 0 Å². The van der Waals surface area contributed by atoms with Crippen LogP contribution in [0.25, 0.3) is 38.1 Å². The summed E-state index contributed by atoms with van der Waals surface area (Å²) in [4.78, 5) is 19.8. The first-order valence-electron chi connectivity index (χ1n) is 11.2. The Balaban J connectivity index is 1.63. The molecule has 1 fully saturated rings. The van der Waals surface area contributed by atoms with E-state index in [9.17, 15) is 4.79 Å². The quantitative estimate of drug-likeness (QED) is 0.408. The number of hydrogen-bond acceptors (Lipinski definition) is 3. The number of pyridine rings is 1. The van der Waals surface area contributed by atoms with Gasteiger partial charge in [-0.2, -0.15) is 0 Å². The number of hydrogen-bond donors (Lipinski definition) is 2. The third-order valence-corrected chi connectivity index (χ3v) is 6.21. The molecule has 5 rings (SSSR count). The normalized spacial score (nSPS) is 15.5. The highest BCUT2D eigenvalue weighted by Gasteiger charge is 2.19. The van der Waals surface area contributed by atoms with E-state index < -0.39 is 0 Å². The van der Waals surface area contributed by atoms with Crippen LogP contribution in [0.5, 0.6) is 0 Å². The summed E-state index contributed by atoms with van der Waals surface area (Å²) in [5, 5.41) is 7.41. The standard InChI is InChI=1S/C27H25N5O/c1-18(33)31-23-9-5-21(6-10-23)27-26(20-3-7-22(28-2)8-4-20)24-12-14-32(25(24)16-30-27)17-19-11-13-29-15-19/h3-10,12,14,16,19,29H,11,13,15,17H2,1H3,(H,31,33)/t19-/m1/s1. The van der Waals surface area contributed by atoms with E-state index in [1.807, 2.05) is 54.7 Å². The van der Waals surface area contributed by atoms with Gasteiger partial charge in [-0.15, -0.1) is 0 Å². The van der Waals surface area contributed by atoms with Crippen molar-refractivity contribution in [1.82, 2.24) is 14.9 Å². The molecule has 2 N–H and O–H groups in total. The molecule has 0 unspecified atom stereocenters. The molecule has 0 aliphatic carbocycles. The van der Waals surface area contributed by atoms with E-state index in [0.717, 1.165) is 58.6 Å². The fourth-order valence-electron chi connectivity index (χ4n) is 4.59. The van der Waals surface area contributed by atoms with Crippen LogP contribution in [0.1, 0.15) is 13.3 Å². The maximum atomic E-state index is 11.4. The summed E-state index contributed by atoms with van der Waals surface area (Å²) in [7, 11) is 0. The van der Waals surface area contributed by atoms with E-state index in [1.54, 1.807) is 0 Å². The largest absolute Gasteiger partial charge is 0.346 e.